The zero-order valence-corrected chi connectivity index (χ0v) is 9.45. The zero-order valence-electron chi connectivity index (χ0n) is 7.29. The first-order valence-corrected chi connectivity index (χ1v) is 5.24. The second-order valence-electron chi connectivity index (χ2n) is 2.95. The van der Waals surface area contributed by atoms with Crippen LogP contribution >= 0.6 is 22.6 Å². The van der Waals surface area contributed by atoms with Crippen molar-refractivity contribution in [3.63, 3.8) is 0 Å². The molecule has 70 valence electrons. The highest BCUT2D eigenvalue weighted by atomic mass is 127. The maximum atomic E-state index is 5.68. The largest absolute Gasteiger partial charge is 0.484 e. The van der Waals surface area contributed by atoms with Gasteiger partial charge in [0.25, 0.3) is 5.88 Å². The van der Waals surface area contributed by atoms with Crippen LogP contribution in [0.2, 0.25) is 0 Å². The molecule has 0 N–H and O–H groups in total. The van der Waals surface area contributed by atoms with Crippen LogP contribution in [0.5, 0.6) is 11.6 Å². The number of halogens is 1. The van der Waals surface area contributed by atoms with E-state index in [0.717, 1.165) is 22.2 Å². The van der Waals surface area contributed by atoms with Crippen LogP contribution in [-0.2, 0) is 0 Å². The molecule has 0 aromatic carbocycles. The Hall–Kier alpha value is -0.520. The summed E-state index contributed by atoms with van der Waals surface area (Å²) in [4.78, 5) is 4.09. The second-order valence-corrected chi connectivity index (χ2v) is 4.11. The van der Waals surface area contributed by atoms with Crippen LogP contribution < -0.4 is 9.47 Å². The van der Waals surface area contributed by atoms with Gasteiger partial charge in [0.15, 0.2) is 5.75 Å². The zero-order chi connectivity index (χ0) is 9.26. The lowest BCUT2D eigenvalue weighted by atomic mass is 10.4. The molecule has 0 amide bonds. The molecule has 1 heterocycles. The summed E-state index contributed by atoms with van der Waals surface area (Å²) in [5, 5.41) is 0. The van der Waals surface area contributed by atoms with Crippen LogP contribution in [0.1, 0.15) is 12.8 Å². The highest BCUT2D eigenvalue weighted by Gasteiger charge is 2.26. The minimum absolute atomic E-state index is 0.381. The van der Waals surface area contributed by atoms with Crippen LogP contribution in [0.25, 0.3) is 0 Å². The highest BCUT2D eigenvalue weighted by Crippen LogP contribution is 2.35. The molecule has 0 saturated heterocycles. The molecule has 0 spiro atoms. The molecule has 2 rings (SSSR count). The van der Waals surface area contributed by atoms with Crippen molar-refractivity contribution in [1.29, 1.82) is 0 Å². The van der Waals surface area contributed by atoms with Crippen molar-refractivity contribution in [2.75, 3.05) is 7.11 Å². The summed E-state index contributed by atoms with van der Waals surface area (Å²) >= 11 is 2.23. The SMILES string of the molecule is COc1nccc(I)c1OC1CC1. The Morgan fingerprint density at radius 2 is 2.31 bits per heavy atom. The molecular formula is C9H10INO2. The Bertz CT molecular complexity index is 312. The smallest absolute Gasteiger partial charge is 0.257 e. The van der Waals surface area contributed by atoms with E-state index in [9.17, 15) is 0 Å². The summed E-state index contributed by atoms with van der Waals surface area (Å²) in [6.45, 7) is 0. The number of nitrogens with zero attached hydrogens (tertiary/aromatic N) is 1. The maximum absolute atomic E-state index is 5.68. The Morgan fingerprint density at radius 1 is 1.54 bits per heavy atom. The van der Waals surface area contributed by atoms with Gasteiger partial charge >= 0.3 is 0 Å². The summed E-state index contributed by atoms with van der Waals surface area (Å²) in [6, 6.07) is 1.92. The van der Waals surface area contributed by atoms with Crippen molar-refractivity contribution in [2.45, 2.75) is 18.9 Å². The lowest BCUT2D eigenvalue weighted by molar-refractivity contribution is 0.275. The van der Waals surface area contributed by atoms with E-state index in [1.54, 1.807) is 13.3 Å². The maximum Gasteiger partial charge on any atom is 0.257 e. The first-order valence-electron chi connectivity index (χ1n) is 4.16. The molecular weight excluding hydrogens is 281 g/mol. The Kier molecular flexibility index (Phi) is 2.57. The van der Waals surface area contributed by atoms with Crippen LogP contribution in [0, 0.1) is 3.57 Å². The molecule has 3 nitrogen and oxygen atoms in total. The number of rotatable bonds is 3. The predicted octanol–water partition coefficient (Wildman–Crippen LogP) is 2.24. The third kappa shape index (κ3) is 2.04. The van der Waals surface area contributed by atoms with E-state index in [-0.39, 0.29) is 0 Å². The molecule has 1 aromatic rings. The van der Waals surface area contributed by atoms with Gasteiger partial charge in [-0.1, -0.05) is 0 Å². The average Bonchev–Trinajstić information content (AvgIpc) is 2.92. The Morgan fingerprint density at radius 3 is 2.92 bits per heavy atom. The number of hydrogen-bond donors (Lipinski definition) is 0. The fourth-order valence-electron chi connectivity index (χ4n) is 1.01. The van der Waals surface area contributed by atoms with Gasteiger partial charge in [-0.15, -0.1) is 0 Å². The third-order valence-corrected chi connectivity index (χ3v) is 2.68. The normalized spacial score (nSPS) is 15.5. The molecule has 1 aliphatic rings. The van der Waals surface area contributed by atoms with E-state index >= 15 is 0 Å². The van der Waals surface area contributed by atoms with E-state index in [4.69, 9.17) is 9.47 Å². The van der Waals surface area contributed by atoms with Gasteiger partial charge in [-0.05, 0) is 41.5 Å². The summed E-state index contributed by atoms with van der Waals surface area (Å²) in [6.07, 6.45) is 4.40. The third-order valence-electron chi connectivity index (χ3n) is 1.83. The first kappa shape index (κ1) is 9.05. The van der Waals surface area contributed by atoms with Crippen LogP contribution in [0.3, 0.4) is 0 Å². The molecule has 1 saturated carbocycles. The molecule has 0 unspecified atom stereocenters. The fraction of sp³-hybridized carbons (Fsp3) is 0.444. The molecule has 4 heteroatoms. The fourth-order valence-corrected chi connectivity index (χ4v) is 1.53. The molecule has 0 bridgehead atoms. The van der Waals surface area contributed by atoms with Gasteiger partial charge in [-0.25, -0.2) is 4.98 Å². The number of aromatic nitrogens is 1. The van der Waals surface area contributed by atoms with E-state index in [2.05, 4.69) is 27.6 Å². The molecule has 1 fully saturated rings. The summed E-state index contributed by atoms with van der Waals surface area (Å²) < 4.78 is 11.8. The highest BCUT2D eigenvalue weighted by molar-refractivity contribution is 14.1. The van der Waals surface area contributed by atoms with E-state index in [0.29, 0.717) is 12.0 Å². The van der Waals surface area contributed by atoms with Crippen molar-refractivity contribution in [3.8, 4) is 11.6 Å². The van der Waals surface area contributed by atoms with Gasteiger partial charge in [0.2, 0.25) is 0 Å². The molecule has 0 aliphatic heterocycles. The monoisotopic (exact) mass is 291 g/mol. The summed E-state index contributed by atoms with van der Waals surface area (Å²) in [5.74, 6) is 1.37. The topological polar surface area (TPSA) is 31.4 Å². The van der Waals surface area contributed by atoms with Gasteiger partial charge in [-0.2, -0.15) is 0 Å². The number of pyridine rings is 1. The lowest BCUT2D eigenvalue weighted by Gasteiger charge is -2.09. The summed E-state index contributed by atoms with van der Waals surface area (Å²) in [7, 11) is 1.61. The van der Waals surface area contributed by atoms with E-state index in [1.165, 1.54) is 0 Å². The molecule has 1 aromatic heterocycles. The molecule has 13 heavy (non-hydrogen) atoms. The standard InChI is InChI=1S/C9H10INO2/c1-12-9-8(13-6-2-3-6)7(10)4-5-11-9/h4-6H,2-3H2,1H3. The van der Waals surface area contributed by atoms with Gasteiger partial charge in [0.05, 0.1) is 16.8 Å². The molecule has 1 aliphatic carbocycles. The molecule has 0 radical (unpaired) electrons. The van der Waals surface area contributed by atoms with Gasteiger partial charge in [0.1, 0.15) is 0 Å². The quantitative estimate of drug-likeness (QED) is 0.800. The minimum Gasteiger partial charge on any atom is -0.484 e. The van der Waals surface area contributed by atoms with Crippen LogP contribution in [0.4, 0.5) is 0 Å². The molecule has 0 atom stereocenters. The second kappa shape index (κ2) is 3.69. The van der Waals surface area contributed by atoms with Gasteiger partial charge < -0.3 is 9.47 Å². The predicted molar refractivity (Wildman–Crippen MR) is 57.2 cm³/mol. The van der Waals surface area contributed by atoms with Crippen LogP contribution in [-0.4, -0.2) is 18.2 Å². The summed E-state index contributed by atoms with van der Waals surface area (Å²) in [5.41, 5.74) is 0. The Labute approximate surface area is 90.6 Å². The van der Waals surface area contributed by atoms with Crippen molar-refractivity contribution in [3.05, 3.63) is 15.8 Å². The minimum atomic E-state index is 0.381. The number of hydrogen-bond acceptors (Lipinski definition) is 3. The van der Waals surface area contributed by atoms with Gasteiger partial charge in [-0.3, -0.25) is 0 Å². The van der Waals surface area contributed by atoms with Crippen molar-refractivity contribution in [1.82, 2.24) is 4.98 Å². The van der Waals surface area contributed by atoms with E-state index < -0.39 is 0 Å². The van der Waals surface area contributed by atoms with Gasteiger partial charge in [0, 0.05) is 6.20 Å². The first-order chi connectivity index (χ1) is 6.31. The van der Waals surface area contributed by atoms with Crippen molar-refractivity contribution in [2.24, 2.45) is 0 Å². The van der Waals surface area contributed by atoms with Crippen molar-refractivity contribution < 1.29 is 9.47 Å². The van der Waals surface area contributed by atoms with E-state index in [1.807, 2.05) is 6.07 Å². The van der Waals surface area contributed by atoms with Crippen LogP contribution in [0.15, 0.2) is 12.3 Å². The number of methoxy groups -OCH3 is 1. The van der Waals surface area contributed by atoms with Crippen molar-refractivity contribution >= 4 is 22.6 Å². The number of ether oxygens (including phenoxy) is 2. The lowest BCUT2D eigenvalue weighted by Crippen LogP contribution is -2.01. The average molecular weight is 291 g/mol. The Balaban J connectivity index is 2.27.